The van der Waals surface area contributed by atoms with Gasteiger partial charge in [-0.05, 0) is 61.6 Å². The molecular weight excluding hydrogens is 438 g/mol. The maximum atomic E-state index is 12.8. The second kappa shape index (κ2) is 10.3. The smallest absolute Gasteiger partial charge is 0.243 e. The standard InChI is InChI=1S/C24H29N5O3S/c1-19(21-8-10-22(11-9-21)29-18-25-17-26-29)27-24(30)14-7-20-5-12-23(13-6-20)33(31,32)28-15-3-2-4-16-28/h5-6,8-13,17-19H,2-4,7,14-16H2,1H3,(H,27,30)/t19-/m1/s1. The average molecular weight is 468 g/mol. The summed E-state index contributed by atoms with van der Waals surface area (Å²) in [5, 5.41) is 7.13. The van der Waals surface area contributed by atoms with E-state index in [-0.39, 0.29) is 11.9 Å². The summed E-state index contributed by atoms with van der Waals surface area (Å²) in [5.41, 5.74) is 2.84. The maximum absolute atomic E-state index is 12.8. The highest BCUT2D eigenvalue weighted by atomic mass is 32.2. The summed E-state index contributed by atoms with van der Waals surface area (Å²) in [6.45, 7) is 3.12. The number of aromatic nitrogens is 3. The first-order valence-electron chi connectivity index (χ1n) is 11.3. The number of benzene rings is 2. The van der Waals surface area contributed by atoms with Gasteiger partial charge in [0, 0.05) is 19.5 Å². The fourth-order valence-electron chi connectivity index (χ4n) is 3.99. The Labute approximate surface area is 194 Å². The maximum Gasteiger partial charge on any atom is 0.243 e. The van der Waals surface area contributed by atoms with Crippen molar-refractivity contribution in [2.45, 2.75) is 50.0 Å². The quantitative estimate of drug-likeness (QED) is 0.549. The fourth-order valence-corrected chi connectivity index (χ4v) is 5.51. The summed E-state index contributed by atoms with van der Waals surface area (Å²) >= 11 is 0. The van der Waals surface area contributed by atoms with Gasteiger partial charge in [0.2, 0.25) is 15.9 Å². The number of carbonyl (C=O) groups excluding carboxylic acids is 1. The van der Waals surface area contributed by atoms with Crippen LogP contribution in [0.2, 0.25) is 0 Å². The zero-order valence-corrected chi connectivity index (χ0v) is 19.5. The van der Waals surface area contributed by atoms with E-state index in [1.807, 2.05) is 31.2 Å². The van der Waals surface area contributed by atoms with Crippen LogP contribution in [0, 0.1) is 0 Å². The van der Waals surface area contributed by atoms with E-state index in [9.17, 15) is 13.2 Å². The summed E-state index contributed by atoms with van der Waals surface area (Å²) in [7, 11) is -3.43. The highest BCUT2D eigenvalue weighted by molar-refractivity contribution is 7.89. The Balaban J connectivity index is 1.28. The van der Waals surface area contributed by atoms with Crippen LogP contribution in [0.5, 0.6) is 0 Å². The molecule has 174 valence electrons. The van der Waals surface area contributed by atoms with Gasteiger partial charge in [-0.15, -0.1) is 0 Å². The van der Waals surface area contributed by atoms with Crippen molar-refractivity contribution < 1.29 is 13.2 Å². The van der Waals surface area contributed by atoms with Crippen LogP contribution in [0.15, 0.2) is 66.1 Å². The molecule has 2 aromatic carbocycles. The van der Waals surface area contributed by atoms with Crippen LogP contribution in [-0.4, -0.2) is 46.5 Å². The molecule has 1 amide bonds. The normalized spacial score (nSPS) is 15.8. The summed E-state index contributed by atoms with van der Waals surface area (Å²) in [6.07, 6.45) is 6.91. The molecule has 1 fully saturated rings. The molecule has 0 bridgehead atoms. The minimum Gasteiger partial charge on any atom is -0.350 e. The Morgan fingerprint density at radius 1 is 1.03 bits per heavy atom. The molecule has 0 spiro atoms. The molecule has 33 heavy (non-hydrogen) atoms. The van der Waals surface area contributed by atoms with Gasteiger partial charge in [-0.3, -0.25) is 4.79 Å². The van der Waals surface area contributed by atoms with Crippen LogP contribution in [0.25, 0.3) is 5.69 Å². The van der Waals surface area contributed by atoms with Crippen LogP contribution in [0.1, 0.15) is 49.8 Å². The molecule has 0 aliphatic carbocycles. The predicted octanol–water partition coefficient (Wildman–Crippen LogP) is 3.25. The Morgan fingerprint density at radius 2 is 1.73 bits per heavy atom. The summed E-state index contributed by atoms with van der Waals surface area (Å²) in [6, 6.07) is 14.6. The SMILES string of the molecule is C[C@@H](NC(=O)CCc1ccc(S(=O)(=O)N2CCCCC2)cc1)c1ccc(-n2cncn2)cc1. The van der Waals surface area contributed by atoms with E-state index in [1.165, 1.54) is 6.33 Å². The number of sulfonamides is 1. The number of hydrogen-bond acceptors (Lipinski definition) is 5. The molecule has 1 aliphatic heterocycles. The van der Waals surface area contributed by atoms with E-state index < -0.39 is 10.0 Å². The van der Waals surface area contributed by atoms with Gasteiger partial charge >= 0.3 is 0 Å². The van der Waals surface area contributed by atoms with Crippen molar-refractivity contribution in [2.75, 3.05) is 13.1 Å². The third kappa shape index (κ3) is 5.66. The summed E-state index contributed by atoms with van der Waals surface area (Å²) < 4.78 is 28.8. The Kier molecular flexibility index (Phi) is 7.20. The van der Waals surface area contributed by atoms with Crippen LogP contribution in [0.3, 0.4) is 0 Å². The first-order valence-corrected chi connectivity index (χ1v) is 12.7. The van der Waals surface area contributed by atoms with E-state index in [0.29, 0.717) is 30.8 Å². The monoisotopic (exact) mass is 467 g/mol. The van der Waals surface area contributed by atoms with Crippen molar-refractivity contribution in [1.82, 2.24) is 24.4 Å². The van der Waals surface area contributed by atoms with Crippen LogP contribution in [-0.2, 0) is 21.2 Å². The molecule has 9 heteroatoms. The minimum atomic E-state index is -3.43. The zero-order valence-electron chi connectivity index (χ0n) is 18.7. The molecule has 4 rings (SSSR count). The van der Waals surface area contributed by atoms with Crippen LogP contribution < -0.4 is 5.32 Å². The van der Waals surface area contributed by atoms with E-state index in [2.05, 4.69) is 15.4 Å². The second-order valence-corrected chi connectivity index (χ2v) is 10.3. The largest absolute Gasteiger partial charge is 0.350 e. The van der Waals surface area contributed by atoms with Crippen molar-refractivity contribution in [3.63, 3.8) is 0 Å². The first kappa shape index (κ1) is 23.1. The molecule has 1 aromatic heterocycles. The van der Waals surface area contributed by atoms with E-state index in [0.717, 1.165) is 36.1 Å². The topological polar surface area (TPSA) is 97.2 Å². The second-order valence-electron chi connectivity index (χ2n) is 8.33. The Hall–Kier alpha value is -3.04. The lowest BCUT2D eigenvalue weighted by Crippen LogP contribution is -2.35. The third-order valence-electron chi connectivity index (χ3n) is 5.97. The van der Waals surface area contributed by atoms with Gasteiger partial charge in [0.05, 0.1) is 16.6 Å². The molecule has 0 unspecified atom stereocenters. The van der Waals surface area contributed by atoms with Crippen molar-refractivity contribution in [3.05, 3.63) is 72.3 Å². The number of carbonyl (C=O) groups is 1. The number of amides is 1. The average Bonchev–Trinajstić information content (AvgIpc) is 3.39. The molecule has 0 radical (unpaired) electrons. The number of hydrogen-bond donors (Lipinski definition) is 1. The number of aryl methyl sites for hydroxylation is 1. The number of piperidine rings is 1. The zero-order chi connectivity index (χ0) is 23.3. The number of nitrogens with one attached hydrogen (secondary N) is 1. The van der Waals surface area contributed by atoms with Gasteiger partial charge in [-0.2, -0.15) is 9.40 Å². The van der Waals surface area contributed by atoms with Gasteiger partial charge < -0.3 is 5.32 Å². The number of rotatable bonds is 8. The minimum absolute atomic E-state index is 0.0483. The van der Waals surface area contributed by atoms with E-state index >= 15 is 0 Å². The lowest BCUT2D eigenvalue weighted by atomic mass is 10.1. The van der Waals surface area contributed by atoms with E-state index in [4.69, 9.17) is 0 Å². The molecule has 1 aliphatic rings. The van der Waals surface area contributed by atoms with Crippen molar-refractivity contribution in [2.24, 2.45) is 0 Å². The van der Waals surface area contributed by atoms with Gasteiger partial charge in [0.1, 0.15) is 12.7 Å². The van der Waals surface area contributed by atoms with Gasteiger partial charge in [0.15, 0.2) is 0 Å². The fraction of sp³-hybridized carbons (Fsp3) is 0.375. The van der Waals surface area contributed by atoms with Crippen molar-refractivity contribution >= 4 is 15.9 Å². The molecule has 3 aromatic rings. The Morgan fingerprint density at radius 3 is 2.36 bits per heavy atom. The lowest BCUT2D eigenvalue weighted by molar-refractivity contribution is -0.121. The van der Waals surface area contributed by atoms with Gasteiger partial charge in [0.25, 0.3) is 0 Å². The highest BCUT2D eigenvalue weighted by Gasteiger charge is 2.25. The third-order valence-corrected chi connectivity index (χ3v) is 7.88. The molecule has 0 saturated carbocycles. The molecule has 2 heterocycles. The molecule has 1 saturated heterocycles. The van der Waals surface area contributed by atoms with E-state index in [1.54, 1.807) is 39.6 Å². The van der Waals surface area contributed by atoms with Crippen molar-refractivity contribution in [1.29, 1.82) is 0 Å². The van der Waals surface area contributed by atoms with Crippen LogP contribution in [0.4, 0.5) is 0 Å². The molecule has 1 N–H and O–H groups in total. The number of nitrogens with zero attached hydrogens (tertiary/aromatic N) is 4. The van der Waals surface area contributed by atoms with Gasteiger partial charge in [-0.1, -0.05) is 30.7 Å². The highest BCUT2D eigenvalue weighted by Crippen LogP contribution is 2.21. The van der Waals surface area contributed by atoms with Crippen molar-refractivity contribution in [3.8, 4) is 5.69 Å². The van der Waals surface area contributed by atoms with Crippen LogP contribution >= 0.6 is 0 Å². The Bertz CT molecular complexity index is 1150. The van der Waals surface area contributed by atoms with Gasteiger partial charge in [-0.25, -0.2) is 18.1 Å². The summed E-state index contributed by atoms with van der Waals surface area (Å²) in [5.74, 6) is -0.0483. The first-order chi connectivity index (χ1) is 15.9. The molecular formula is C24H29N5O3S. The summed E-state index contributed by atoms with van der Waals surface area (Å²) in [4.78, 5) is 16.7. The molecule has 8 nitrogen and oxygen atoms in total. The molecule has 1 atom stereocenters. The lowest BCUT2D eigenvalue weighted by Gasteiger charge is -2.25. The predicted molar refractivity (Wildman–Crippen MR) is 125 cm³/mol.